The zero-order valence-corrected chi connectivity index (χ0v) is 11.0. The lowest BCUT2D eigenvalue weighted by Gasteiger charge is -2.23. The van der Waals surface area contributed by atoms with Crippen LogP contribution in [-0.4, -0.2) is 35.9 Å². The predicted molar refractivity (Wildman–Crippen MR) is 64.2 cm³/mol. The molecule has 0 aliphatic rings. The second-order valence-corrected chi connectivity index (χ2v) is 5.28. The van der Waals surface area contributed by atoms with Gasteiger partial charge in [-0.2, -0.15) is 0 Å². The van der Waals surface area contributed by atoms with Crippen molar-refractivity contribution in [3.63, 3.8) is 0 Å². The summed E-state index contributed by atoms with van der Waals surface area (Å²) in [5.74, 6) is 0.124. The van der Waals surface area contributed by atoms with E-state index in [-0.39, 0.29) is 18.6 Å². The number of aliphatic hydroxyl groups excluding tert-OH is 1. The smallest absolute Gasteiger partial charge is 0.323 e. The molecule has 4 nitrogen and oxygen atoms in total. The van der Waals surface area contributed by atoms with Gasteiger partial charge in [0.1, 0.15) is 11.6 Å². The molecule has 0 spiro atoms. The molecule has 0 saturated carbocycles. The summed E-state index contributed by atoms with van der Waals surface area (Å²) in [6, 6.07) is -0.305. The molecule has 0 radical (unpaired) electrons. The molecule has 0 heterocycles. The highest BCUT2D eigenvalue weighted by Crippen LogP contribution is 2.08. The molecule has 0 bridgehead atoms. The Morgan fingerprint density at radius 3 is 2.38 bits per heavy atom. The van der Waals surface area contributed by atoms with Crippen molar-refractivity contribution in [2.45, 2.75) is 52.7 Å². The summed E-state index contributed by atoms with van der Waals surface area (Å²) < 4.78 is 5.24. The van der Waals surface area contributed by atoms with Crippen molar-refractivity contribution in [2.24, 2.45) is 5.92 Å². The van der Waals surface area contributed by atoms with Gasteiger partial charge in [0.25, 0.3) is 0 Å². The quantitative estimate of drug-likeness (QED) is 0.677. The lowest BCUT2D eigenvalue weighted by molar-refractivity contribution is -0.157. The van der Waals surface area contributed by atoms with Crippen LogP contribution in [0.5, 0.6) is 0 Å². The van der Waals surface area contributed by atoms with E-state index in [4.69, 9.17) is 9.84 Å². The number of carbonyl (C=O) groups is 1. The highest BCUT2D eigenvalue weighted by atomic mass is 16.6. The van der Waals surface area contributed by atoms with E-state index in [0.717, 1.165) is 6.42 Å². The molecular formula is C12H25NO3. The van der Waals surface area contributed by atoms with Gasteiger partial charge in [-0.15, -0.1) is 0 Å². The van der Waals surface area contributed by atoms with Crippen molar-refractivity contribution in [3.05, 3.63) is 0 Å². The van der Waals surface area contributed by atoms with Crippen LogP contribution in [0.3, 0.4) is 0 Å². The fourth-order valence-electron chi connectivity index (χ4n) is 1.17. The minimum absolute atomic E-state index is 0.184. The molecular weight excluding hydrogens is 206 g/mol. The maximum Gasteiger partial charge on any atom is 0.323 e. The molecule has 0 aromatic heterocycles. The van der Waals surface area contributed by atoms with Crippen LogP contribution in [0.25, 0.3) is 0 Å². The minimum atomic E-state index is -0.441. The minimum Gasteiger partial charge on any atom is -0.459 e. The molecule has 0 saturated heterocycles. The molecule has 0 aliphatic heterocycles. The highest BCUT2D eigenvalue weighted by Gasteiger charge is 2.21. The van der Waals surface area contributed by atoms with Gasteiger partial charge in [0.05, 0.1) is 0 Å². The lowest BCUT2D eigenvalue weighted by Crippen LogP contribution is -2.40. The van der Waals surface area contributed by atoms with Crippen molar-refractivity contribution in [2.75, 3.05) is 13.2 Å². The summed E-state index contributed by atoms with van der Waals surface area (Å²) in [6.45, 7) is 10.3. The topological polar surface area (TPSA) is 58.6 Å². The van der Waals surface area contributed by atoms with E-state index in [0.29, 0.717) is 12.5 Å². The summed E-state index contributed by atoms with van der Waals surface area (Å²) in [7, 11) is 0. The maximum absolute atomic E-state index is 11.6. The predicted octanol–water partition coefficient (Wildman–Crippen LogP) is 1.32. The fourth-order valence-corrected chi connectivity index (χ4v) is 1.17. The molecule has 0 aromatic carbocycles. The third-order valence-electron chi connectivity index (χ3n) is 2.15. The van der Waals surface area contributed by atoms with Crippen LogP contribution >= 0.6 is 0 Å². The Balaban J connectivity index is 3.88. The monoisotopic (exact) mass is 231 g/mol. The molecule has 2 N–H and O–H groups in total. The van der Waals surface area contributed by atoms with Gasteiger partial charge in [0, 0.05) is 6.61 Å². The number of esters is 1. The average molecular weight is 231 g/mol. The molecule has 0 aromatic rings. The van der Waals surface area contributed by atoms with Gasteiger partial charge in [-0.1, -0.05) is 6.92 Å². The number of rotatable bonds is 6. The normalized spacial score (nSPS) is 15.6. The van der Waals surface area contributed by atoms with Gasteiger partial charge in [-0.3, -0.25) is 4.79 Å². The van der Waals surface area contributed by atoms with E-state index in [9.17, 15) is 4.79 Å². The summed E-state index contributed by atoms with van der Waals surface area (Å²) in [6.07, 6.45) is 0.744. The summed E-state index contributed by atoms with van der Waals surface area (Å²) >= 11 is 0. The van der Waals surface area contributed by atoms with Crippen LogP contribution in [0.2, 0.25) is 0 Å². The van der Waals surface area contributed by atoms with Crippen LogP contribution in [0.1, 0.15) is 41.0 Å². The average Bonchev–Trinajstić information content (AvgIpc) is 2.11. The first kappa shape index (κ1) is 15.4. The first-order valence-electron chi connectivity index (χ1n) is 5.83. The van der Waals surface area contributed by atoms with Crippen molar-refractivity contribution >= 4 is 5.97 Å². The Bertz CT molecular complexity index is 211. The zero-order chi connectivity index (χ0) is 12.8. The molecule has 2 unspecified atom stereocenters. The first-order chi connectivity index (χ1) is 7.26. The summed E-state index contributed by atoms with van der Waals surface area (Å²) in [4.78, 5) is 11.6. The molecule has 0 fully saturated rings. The molecule has 2 atom stereocenters. The van der Waals surface area contributed by atoms with E-state index in [1.807, 2.05) is 27.7 Å². The van der Waals surface area contributed by atoms with Gasteiger partial charge < -0.3 is 15.2 Å². The second kappa shape index (κ2) is 6.86. The van der Waals surface area contributed by atoms with Gasteiger partial charge in [0.2, 0.25) is 0 Å². The zero-order valence-electron chi connectivity index (χ0n) is 11.0. The Hall–Kier alpha value is -0.610. The van der Waals surface area contributed by atoms with E-state index in [1.165, 1.54) is 0 Å². The Labute approximate surface area is 98.4 Å². The number of nitrogens with one attached hydrogen (secondary N) is 1. The summed E-state index contributed by atoms with van der Waals surface area (Å²) in [5, 5.41) is 11.8. The maximum atomic E-state index is 11.6. The third kappa shape index (κ3) is 7.65. The Morgan fingerprint density at radius 2 is 1.94 bits per heavy atom. The Morgan fingerprint density at radius 1 is 1.38 bits per heavy atom. The second-order valence-electron chi connectivity index (χ2n) is 5.28. The van der Waals surface area contributed by atoms with Crippen LogP contribution in [0.4, 0.5) is 0 Å². The van der Waals surface area contributed by atoms with E-state index < -0.39 is 5.60 Å². The van der Waals surface area contributed by atoms with Crippen molar-refractivity contribution in [1.82, 2.24) is 5.32 Å². The molecule has 0 rings (SSSR count). The lowest BCUT2D eigenvalue weighted by atomic mass is 10.1. The number of hydrogen-bond donors (Lipinski definition) is 2. The number of carbonyl (C=O) groups excluding carboxylic acids is 1. The van der Waals surface area contributed by atoms with Crippen molar-refractivity contribution in [1.29, 1.82) is 0 Å². The van der Waals surface area contributed by atoms with Crippen molar-refractivity contribution < 1.29 is 14.6 Å². The van der Waals surface area contributed by atoms with Gasteiger partial charge >= 0.3 is 5.97 Å². The molecule has 0 aliphatic carbocycles. The molecule has 0 amide bonds. The molecule has 96 valence electrons. The molecule has 16 heavy (non-hydrogen) atoms. The fraction of sp³-hybridized carbons (Fsp3) is 0.917. The van der Waals surface area contributed by atoms with E-state index in [1.54, 1.807) is 6.92 Å². The van der Waals surface area contributed by atoms with Crippen LogP contribution in [-0.2, 0) is 9.53 Å². The molecule has 4 heteroatoms. The number of aliphatic hydroxyl groups is 1. The van der Waals surface area contributed by atoms with Crippen LogP contribution in [0.15, 0.2) is 0 Å². The standard InChI is InChI=1S/C12H25NO3/c1-9(6-7-14)8-13-10(2)11(15)16-12(3,4)5/h9-10,13-14H,6-8H2,1-5H3. The summed E-state index contributed by atoms with van der Waals surface area (Å²) in [5.41, 5.74) is -0.441. The van der Waals surface area contributed by atoms with Crippen LogP contribution < -0.4 is 5.32 Å². The largest absolute Gasteiger partial charge is 0.459 e. The highest BCUT2D eigenvalue weighted by molar-refractivity contribution is 5.75. The van der Waals surface area contributed by atoms with Crippen LogP contribution in [0, 0.1) is 5.92 Å². The first-order valence-corrected chi connectivity index (χ1v) is 5.83. The number of ether oxygens (including phenoxy) is 1. The van der Waals surface area contributed by atoms with E-state index in [2.05, 4.69) is 5.32 Å². The number of hydrogen-bond acceptors (Lipinski definition) is 4. The van der Waals surface area contributed by atoms with Gasteiger partial charge in [-0.05, 0) is 46.6 Å². The van der Waals surface area contributed by atoms with E-state index >= 15 is 0 Å². The SMILES string of the molecule is CC(CCO)CNC(C)C(=O)OC(C)(C)C. The Kier molecular flexibility index (Phi) is 6.60. The van der Waals surface area contributed by atoms with Gasteiger partial charge in [0.15, 0.2) is 0 Å². The van der Waals surface area contributed by atoms with Crippen molar-refractivity contribution in [3.8, 4) is 0 Å². The van der Waals surface area contributed by atoms with Gasteiger partial charge in [-0.25, -0.2) is 0 Å². The third-order valence-corrected chi connectivity index (χ3v) is 2.15.